The number of amides is 1. The normalized spacial score (nSPS) is 13.7. The van der Waals surface area contributed by atoms with Crippen LogP contribution in [-0.2, 0) is 16.8 Å². The van der Waals surface area contributed by atoms with Crippen molar-refractivity contribution in [3.63, 3.8) is 0 Å². The summed E-state index contributed by atoms with van der Waals surface area (Å²) in [5.41, 5.74) is 2.57. The Labute approximate surface area is 175 Å². The summed E-state index contributed by atoms with van der Waals surface area (Å²) in [6, 6.07) is 13.5. The number of carbonyl (C=O) groups is 1. The van der Waals surface area contributed by atoms with Crippen LogP contribution in [0.2, 0.25) is 0 Å². The van der Waals surface area contributed by atoms with E-state index in [9.17, 15) is 4.79 Å². The van der Waals surface area contributed by atoms with Crippen molar-refractivity contribution in [2.24, 2.45) is 0 Å². The van der Waals surface area contributed by atoms with E-state index in [1.54, 1.807) is 4.90 Å². The molecule has 0 N–H and O–H groups in total. The first-order valence-corrected chi connectivity index (χ1v) is 9.98. The van der Waals surface area contributed by atoms with Gasteiger partial charge in [0.05, 0.1) is 12.3 Å². The second-order valence-electron chi connectivity index (χ2n) is 8.17. The number of ether oxygens (including phenoxy) is 2. The van der Waals surface area contributed by atoms with Crippen LogP contribution >= 0.6 is 0 Å². The van der Waals surface area contributed by atoms with Gasteiger partial charge in [0.1, 0.15) is 18.0 Å². The fourth-order valence-electron chi connectivity index (χ4n) is 3.31. The molecule has 30 heavy (non-hydrogen) atoms. The van der Waals surface area contributed by atoms with Gasteiger partial charge in [-0.3, -0.25) is 9.69 Å². The Bertz CT molecular complexity index is 1070. The van der Waals surface area contributed by atoms with Crippen LogP contribution in [0.25, 0.3) is 11.4 Å². The van der Waals surface area contributed by atoms with Gasteiger partial charge in [-0.2, -0.15) is 4.98 Å². The van der Waals surface area contributed by atoms with E-state index >= 15 is 0 Å². The zero-order valence-corrected chi connectivity index (χ0v) is 17.6. The first kappa shape index (κ1) is 19.9. The Hall–Kier alpha value is -3.35. The van der Waals surface area contributed by atoms with Gasteiger partial charge in [0, 0.05) is 5.56 Å². The van der Waals surface area contributed by atoms with Gasteiger partial charge in [-0.15, -0.1) is 0 Å². The van der Waals surface area contributed by atoms with Crippen LogP contribution in [0.3, 0.4) is 0 Å². The maximum atomic E-state index is 12.6. The lowest BCUT2D eigenvalue weighted by Crippen LogP contribution is -2.38. The summed E-state index contributed by atoms with van der Waals surface area (Å²) in [5, 5.41) is 4.08. The van der Waals surface area contributed by atoms with Gasteiger partial charge < -0.3 is 14.0 Å². The molecule has 1 aliphatic heterocycles. The van der Waals surface area contributed by atoms with E-state index < -0.39 is 0 Å². The van der Waals surface area contributed by atoms with Gasteiger partial charge in [-0.25, -0.2) is 0 Å². The lowest BCUT2D eigenvalue weighted by molar-refractivity contribution is -0.121. The molecule has 0 radical (unpaired) electrons. The van der Waals surface area contributed by atoms with E-state index in [1.165, 1.54) is 0 Å². The highest BCUT2D eigenvalue weighted by Crippen LogP contribution is 2.37. The number of nitrogens with zero attached hydrogens (tertiary/aromatic N) is 3. The number of benzene rings is 2. The highest BCUT2D eigenvalue weighted by molar-refractivity contribution is 5.97. The molecular weight excluding hydrogens is 382 g/mol. The second kappa shape index (κ2) is 7.82. The van der Waals surface area contributed by atoms with Crippen molar-refractivity contribution in [1.82, 2.24) is 10.1 Å². The first-order valence-electron chi connectivity index (χ1n) is 9.98. The highest BCUT2D eigenvalue weighted by Gasteiger charge is 2.29. The highest BCUT2D eigenvalue weighted by atomic mass is 16.5. The van der Waals surface area contributed by atoms with E-state index in [0.717, 1.165) is 22.6 Å². The Morgan fingerprint density at radius 1 is 1.17 bits per heavy atom. The minimum absolute atomic E-state index is 0.0146. The number of anilines is 1. The zero-order valence-electron chi connectivity index (χ0n) is 17.6. The summed E-state index contributed by atoms with van der Waals surface area (Å²) in [5.74, 6) is 2.08. The maximum absolute atomic E-state index is 12.6. The van der Waals surface area contributed by atoms with E-state index in [2.05, 4.69) is 30.9 Å². The number of fused-ring (bicyclic) bond motifs is 1. The average molecular weight is 407 g/mol. The number of hydrogen-bond donors (Lipinski definition) is 0. The van der Waals surface area contributed by atoms with Crippen molar-refractivity contribution in [2.75, 3.05) is 18.1 Å². The standard InChI is InChI=1S/C23H25N3O4/c1-5-28-17-8-6-7-15(11-17)22-24-20(30-25-22)13-26-18-12-16(23(2,3)4)9-10-19(18)29-14-21(26)27/h6-12H,5,13-14H2,1-4H3. The molecule has 0 saturated heterocycles. The molecular formula is C23H25N3O4. The molecule has 1 aromatic heterocycles. The van der Waals surface area contributed by atoms with Gasteiger partial charge >= 0.3 is 0 Å². The Kier molecular flexibility index (Phi) is 5.20. The summed E-state index contributed by atoms with van der Waals surface area (Å²) < 4.78 is 16.6. The minimum atomic E-state index is -0.147. The third-order valence-corrected chi connectivity index (χ3v) is 4.93. The van der Waals surface area contributed by atoms with Gasteiger partial charge in [0.15, 0.2) is 6.61 Å². The van der Waals surface area contributed by atoms with Gasteiger partial charge in [-0.1, -0.05) is 44.1 Å². The molecule has 0 saturated carbocycles. The molecule has 0 spiro atoms. The van der Waals surface area contributed by atoms with Crippen molar-refractivity contribution in [3.8, 4) is 22.9 Å². The molecule has 3 aromatic rings. The molecule has 7 heteroatoms. The van der Waals surface area contributed by atoms with Gasteiger partial charge in [-0.05, 0) is 42.2 Å². The van der Waals surface area contributed by atoms with Crippen molar-refractivity contribution < 1.29 is 18.8 Å². The number of aromatic nitrogens is 2. The fourth-order valence-corrected chi connectivity index (χ4v) is 3.31. The minimum Gasteiger partial charge on any atom is -0.494 e. The molecule has 4 rings (SSSR count). The Morgan fingerprint density at radius 2 is 2.00 bits per heavy atom. The lowest BCUT2D eigenvalue weighted by Gasteiger charge is -2.30. The third-order valence-electron chi connectivity index (χ3n) is 4.93. The summed E-state index contributed by atoms with van der Waals surface area (Å²) in [6.07, 6.45) is 0. The Morgan fingerprint density at radius 3 is 2.77 bits per heavy atom. The molecule has 2 heterocycles. The van der Waals surface area contributed by atoms with Crippen molar-refractivity contribution in [3.05, 3.63) is 53.9 Å². The molecule has 1 aliphatic rings. The summed E-state index contributed by atoms with van der Waals surface area (Å²) in [4.78, 5) is 18.7. The van der Waals surface area contributed by atoms with E-state index in [1.807, 2.05) is 49.4 Å². The van der Waals surface area contributed by atoms with Crippen LogP contribution in [0.5, 0.6) is 11.5 Å². The molecule has 7 nitrogen and oxygen atoms in total. The Balaban J connectivity index is 1.61. The monoisotopic (exact) mass is 407 g/mol. The van der Waals surface area contributed by atoms with Gasteiger partial charge in [0.25, 0.3) is 5.91 Å². The van der Waals surface area contributed by atoms with Crippen LogP contribution in [-0.4, -0.2) is 29.3 Å². The molecule has 0 bridgehead atoms. The first-order chi connectivity index (χ1) is 14.3. The molecule has 2 aromatic carbocycles. The topological polar surface area (TPSA) is 77.7 Å². The van der Waals surface area contributed by atoms with Crippen LogP contribution in [0, 0.1) is 0 Å². The van der Waals surface area contributed by atoms with Crippen LogP contribution < -0.4 is 14.4 Å². The lowest BCUT2D eigenvalue weighted by atomic mass is 9.86. The maximum Gasteiger partial charge on any atom is 0.265 e. The SMILES string of the molecule is CCOc1cccc(-c2noc(CN3C(=O)COc4ccc(C(C)(C)C)cc43)n2)c1. The summed E-state index contributed by atoms with van der Waals surface area (Å²) in [6.45, 7) is 9.07. The third kappa shape index (κ3) is 4.01. The summed E-state index contributed by atoms with van der Waals surface area (Å²) in [7, 11) is 0. The molecule has 0 atom stereocenters. The number of hydrogen-bond acceptors (Lipinski definition) is 6. The average Bonchev–Trinajstić information content (AvgIpc) is 3.18. The summed E-state index contributed by atoms with van der Waals surface area (Å²) >= 11 is 0. The number of carbonyl (C=O) groups excluding carboxylic acids is 1. The van der Waals surface area contributed by atoms with Crippen LogP contribution in [0.15, 0.2) is 47.0 Å². The van der Waals surface area contributed by atoms with E-state index in [4.69, 9.17) is 14.0 Å². The molecule has 0 unspecified atom stereocenters. The van der Waals surface area contributed by atoms with E-state index in [0.29, 0.717) is 24.1 Å². The van der Waals surface area contributed by atoms with Gasteiger partial charge in [0.2, 0.25) is 11.7 Å². The number of rotatable bonds is 5. The quantitative estimate of drug-likeness (QED) is 0.625. The smallest absolute Gasteiger partial charge is 0.265 e. The van der Waals surface area contributed by atoms with Crippen molar-refractivity contribution >= 4 is 11.6 Å². The predicted octanol–water partition coefficient (Wildman–Crippen LogP) is 4.36. The van der Waals surface area contributed by atoms with Crippen LogP contribution in [0.1, 0.15) is 39.1 Å². The fraction of sp³-hybridized carbons (Fsp3) is 0.348. The van der Waals surface area contributed by atoms with Crippen LogP contribution in [0.4, 0.5) is 5.69 Å². The zero-order chi connectivity index (χ0) is 21.3. The molecule has 0 fully saturated rings. The molecule has 0 aliphatic carbocycles. The second-order valence-corrected chi connectivity index (χ2v) is 8.17. The van der Waals surface area contributed by atoms with Crippen molar-refractivity contribution in [2.45, 2.75) is 39.7 Å². The van der Waals surface area contributed by atoms with E-state index in [-0.39, 0.29) is 24.5 Å². The largest absolute Gasteiger partial charge is 0.494 e. The molecule has 1 amide bonds. The predicted molar refractivity (Wildman–Crippen MR) is 113 cm³/mol. The molecule has 156 valence electrons. The van der Waals surface area contributed by atoms with Crippen molar-refractivity contribution in [1.29, 1.82) is 0 Å².